The Labute approximate surface area is 173 Å². The highest BCUT2D eigenvalue weighted by atomic mass is 32.2. The van der Waals surface area contributed by atoms with Crippen molar-refractivity contribution in [2.45, 2.75) is 39.3 Å². The summed E-state index contributed by atoms with van der Waals surface area (Å²) in [4.78, 5) is 12.9. The van der Waals surface area contributed by atoms with Crippen molar-refractivity contribution in [3.8, 4) is 5.75 Å². The minimum atomic E-state index is -3.24. The third kappa shape index (κ3) is 5.05. The number of allylic oxidation sites excluding steroid dienone is 1. The Morgan fingerprint density at radius 1 is 1.31 bits per heavy atom. The number of sulfone groups is 1. The van der Waals surface area contributed by atoms with Crippen LogP contribution in [0.4, 0.5) is 0 Å². The number of hydrogen-bond donors (Lipinski definition) is 0. The van der Waals surface area contributed by atoms with Crippen molar-refractivity contribution in [2.24, 2.45) is 9.98 Å². The minimum Gasteiger partial charge on any atom is -0.490 e. The summed E-state index contributed by atoms with van der Waals surface area (Å²) in [5.74, 6) is 1.47. The second-order valence-electron chi connectivity index (χ2n) is 7.80. The van der Waals surface area contributed by atoms with Crippen LogP contribution in [0.1, 0.15) is 37.9 Å². The standard InChI is InChI=1S/C21H30N4O3S/c1-15-12-19-7-6-18(13-20(19)28-15)17(3)24-8-10-25(11-9-24)21(22-4)23-14-16(2)29(5,26)27/h6-7,13-15,17H,4,8-12H2,1-3,5H3/b16-14+,23-21+/t15-,17?/m1/s1. The molecule has 0 aliphatic carbocycles. The number of ether oxygens (including phenoxy) is 1. The van der Waals surface area contributed by atoms with E-state index in [0.29, 0.717) is 5.96 Å². The lowest BCUT2D eigenvalue weighted by atomic mass is 10.0. The molecule has 29 heavy (non-hydrogen) atoms. The molecule has 0 bridgehead atoms. The molecule has 1 aromatic rings. The third-order valence-electron chi connectivity index (χ3n) is 5.64. The van der Waals surface area contributed by atoms with Crippen LogP contribution in [0.25, 0.3) is 0 Å². The summed E-state index contributed by atoms with van der Waals surface area (Å²) in [5, 5.41) is 0. The number of rotatable bonds is 4. The first-order chi connectivity index (χ1) is 13.7. The van der Waals surface area contributed by atoms with Crippen LogP contribution in [0.3, 0.4) is 0 Å². The Bertz CT molecular complexity index is 931. The molecule has 1 unspecified atom stereocenters. The molecule has 0 aromatic heterocycles. The topological polar surface area (TPSA) is 74.6 Å². The summed E-state index contributed by atoms with van der Waals surface area (Å²) in [6, 6.07) is 6.84. The molecule has 3 rings (SSSR count). The lowest BCUT2D eigenvalue weighted by Crippen LogP contribution is -2.48. The summed E-state index contributed by atoms with van der Waals surface area (Å²) < 4.78 is 29.0. The molecule has 7 nitrogen and oxygen atoms in total. The molecule has 0 spiro atoms. The molecular formula is C21H30N4O3S. The van der Waals surface area contributed by atoms with Gasteiger partial charge in [0.2, 0.25) is 5.96 Å². The van der Waals surface area contributed by atoms with Crippen molar-refractivity contribution in [3.05, 3.63) is 40.4 Å². The fourth-order valence-corrected chi connectivity index (χ4v) is 3.91. The fourth-order valence-electron chi connectivity index (χ4n) is 3.66. The predicted molar refractivity (Wildman–Crippen MR) is 117 cm³/mol. The highest BCUT2D eigenvalue weighted by Crippen LogP contribution is 2.33. The monoisotopic (exact) mass is 418 g/mol. The molecule has 2 aliphatic rings. The number of guanidine groups is 1. The van der Waals surface area contributed by atoms with Gasteiger partial charge >= 0.3 is 0 Å². The summed E-state index contributed by atoms with van der Waals surface area (Å²) in [7, 11) is -3.24. The van der Waals surface area contributed by atoms with Crippen LogP contribution in [0.2, 0.25) is 0 Å². The van der Waals surface area contributed by atoms with Crippen molar-refractivity contribution in [3.63, 3.8) is 0 Å². The summed E-state index contributed by atoms with van der Waals surface area (Å²) in [6.45, 7) is 12.7. The molecule has 0 radical (unpaired) electrons. The Morgan fingerprint density at radius 2 is 2.00 bits per heavy atom. The molecule has 1 aromatic carbocycles. The largest absolute Gasteiger partial charge is 0.490 e. The van der Waals surface area contributed by atoms with E-state index in [-0.39, 0.29) is 17.1 Å². The molecular weight excluding hydrogens is 388 g/mol. The van der Waals surface area contributed by atoms with Gasteiger partial charge in [-0.05, 0) is 44.7 Å². The van der Waals surface area contributed by atoms with Crippen LogP contribution < -0.4 is 4.74 Å². The zero-order chi connectivity index (χ0) is 21.2. The van der Waals surface area contributed by atoms with E-state index in [2.05, 4.69) is 53.6 Å². The molecule has 2 heterocycles. The number of piperazine rings is 1. The maximum absolute atomic E-state index is 11.5. The molecule has 2 aliphatic heterocycles. The first-order valence-corrected chi connectivity index (χ1v) is 11.8. The van der Waals surface area contributed by atoms with E-state index < -0.39 is 9.84 Å². The van der Waals surface area contributed by atoms with Gasteiger partial charge in [0.15, 0.2) is 9.84 Å². The van der Waals surface area contributed by atoms with E-state index in [0.717, 1.165) is 38.3 Å². The Balaban J connectivity index is 1.64. The summed E-state index contributed by atoms with van der Waals surface area (Å²) in [6.07, 6.45) is 3.75. The molecule has 0 amide bonds. The van der Waals surface area contributed by atoms with Gasteiger partial charge in [-0.3, -0.25) is 4.90 Å². The molecule has 0 N–H and O–H groups in total. The maximum Gasteiger partial charge on any atom is 0.224 e. The van der Waals surface area contributed by atoms with Crippen LogP contribution in [0.15, 0.2) is 39.3 Å². The molecule has 2 atom stereocenters. The molecule has 158 valence electrons. The van der Waals surface area contributed by atoms with E-state index in [1.54, 1.807) is 0 Å². The molecule has 1 saturated heterocycles. The highest BCUT2D eigenvalue weighted by molar-refractivity contribution is 7.94. The number of fused-ring (bicyclic) bond motifs is 1. The van der Waals surface area contributed by atoms with E-state index in [9.17, 15) is 8.42 Å². The summed E-state index contributed by atoms with van der Waals surface area (Å²) >= 11 is 0. The second-order valence-corrected chi connectivity index (χ2v) is 9.99. The lowest BCUT2D eigenvalue weighted by Gasteiger charge is -2.38. The van der Waals surface area contributed by atoms with E-state index >= 15 is 0 Å². The predicted octanol–water partition coefficient (Wildman–Crippen LogP) is 2.65. The zero-order valence-corrected chi connectivity index (χ0v) is 18.4. The summed E-state index contributed by atoms with van der Waals surface area (Å²) in [5.41, 5.74) is 2.54. The van der Waals surface area contributed by atoms with Gasteiger partial charge in [0.05, 0.1) is 4.91 Å². The number of hydrogen-bond acceptors (Lipinski definition) is 5. The zero-order valence-electron chi connectivity index (χ0n) is 17.6. The third-order valence-corrected chi connectivity index (χ3v) is 6.92. The average molecular weight is 419 g/mol. The number of nitrogens with zero attached hydrogens (tertiary/aromatic N) is 4. The van der Waals surface area contributed by atoms with E-state index in [4.69, 9.17) is 4.74 Å². The van der Waals surface area contributed by atoms with E-state index in [1.165, 1.54) is 30.5 Å². The Hall–Kier alpha value is -2.19. The van der Waals surface area contributed by atoms with Crippen LogP contribution in [-0.2, 0) is 16.3 Å². The van der Waals surface area contributed by atoms with Gasteiger partial charge in [-0.2, -0.15) is 0 Å². The fraction of sp³-hybridized carbons (Fsp3) is 0.524. The van der Waals surface area contributed by atoms with Crippen LogP contribution >= 0.6 is 0 Å². The minimum absolute atomic E-state index is 0.207. The van der Waals surface area contributed by atoms with Crippen molar-refractivity contribution in [2.75, 3.05) is 32.4 Å². The average Bonchev–Trinajstić information content (AvgIpc) is 3.06. The number of benzene rings is 1. The normalized spacial score (nSPS) is 22.2. The van der Waals surface area contributed by atoms with Gasteiger partial charge in [0.1, 0.15) is 11.9 Å². The number of aliphatic imine (C=N–C) groups is 2. The quantitative estimate of drug-likeness (QED) is 0.555. The van der Waals surface area contributed by atoms with E-state index in [1.807, 2.05) is 4.90 Å². The SMILES string of the molecule is C=N/C(=N\C=C(/C)S(C)(=O)=O)N1CCN(C(C)c2ccc3c(c2)O[C@H](C)C3)CC1. The Morgan fingerprint density at radius 3 is 2.62 bits per heavy atom. The van der Waals surface area contributed by atoms with Gasteiger partial charge in [0, 0.05) is 51.1 Å². The molecule has 0 saturated carbocycles. The lowest BCUT2D eigenvalue weighted by molar-refractivity contribution is 0.140. The second kappa shape index (κ2) is 8.67. The van der Waals surface area contributed by atoms with Gasteiger partial charge < -0.3 is 9.64 Å². The van der Waals surface area contributed by atoms with Crippen LogP contribution in [-0.4, -0.2) is 69.4 Å². The Kier molecular flexibility index (Phi) is 6.43. The first kappa shape index (κ1) is 21.5. The van der Waals surface area contributed by atoms with Crippen LogP contribution in [0.5, 0.6) is 5.75 Å². The van der Waals surface area contributed by atoms with Gasteiger partial charge in [0.25, 0.3) is 0 Å². The van der Waals surface area contributed by atoms with Crippen molar-refractivity contribution in [1.29, 1.82) is 0 Å². The van der Waals surface area contributed by atoms with Crippen molar-refractivity contribution in [1.82, 2.24) is 9.80 Å². The van der Waals surface area contributed by atoms with Crippen molar-refractivity contribution >= 4 is 22.5 Å². The smallest absolute Gasteiger partial charge is 0.224 e. The highest BCUT2D eigenvalue weighted by Gasteiger charge is 2.25. The molecule has 8 heteroatoms. The molecule has 1 fully saturated rings. The van der Waals surface area contributed by atoms with Gasteiger partial charge in [-0.15, -0.1) is 0 Å². The van der Waals surface area contributed by atoms with Gasteiger partial charge in [-0.25, -0.2) is 18.4 Å². The van der Waals surface area contributed by atoms with Crippen molar-refractivity contribution < 1.29 is 13.2 Å². The van der Waals surface area contributed by atoms with Gasteiger partial charge in [-0.1, -0.05) is 12.1 Å². The maximum atomic E-state index is 11.5. The first-order valence-electron chi connectivity index (χ1n) is 9.89. The van der Waals surface area contributed by atoms with Crippen LogP contribution in [0, 0.1) is 0 Å².